The monoisotopic (exact) mass is 256 g/mol. The fourth-order valence-electron chi connectivity index (χ4n) is 2.10. The zero-order valence-electron chi connectivity index (χ0n) is 10.2. The predicted octanol–water partition coefficient (Wildman–Crippen LogP) is 2.53. The standard InChI is InChI=1S/C11H17ClN4O/c1-3-11(5-4-6-11)7-13-9-14-8(12)15-10(16-9)17-2/h3-7H2,1-2H3,(H,13,14,15,16). The molecule has 1 aliphatic carbocycles. The van der Waals surface area contributed by atoms with E-state index in [0.29, 0.717) is 11.4 Å². The van der Waals surface area contributed by atoms with Gasteiger partial charge < -0.3 is 10.1 Å². The fraction of sp³-hybridized carbons (Fsp3) is 0.727. The lowest BCUT2D eigenvalue weighted by atomic mass is 9.67. The normalized spacial score (nSPS) is 17.4. The molecule has 1 N–H and O–H groups in total. The van der Waals surface area contributed by atoms with Crippen LogP contribution in [0, 0.1) is 5.41 Å². The molecule has 0 unspecified atom stereocenters. The highest BCUT2D eigenvalue weighted by Crippen LogP contribution is 2.43. The number of halogens is 1. The summed E-state index contributed by atoms with van der Waals surface area (Å²) in [4.78, 5) is 12.0. The zero-order chi connectivity index (χ0) is 12.3. The molecule has 0 aromatic carbocycles. The maximum absolute atomic E-state index is 5.78. The molecule has 2 rings (SSSR count). The summed E-state index contributed by atoms with van der Waals surface area (Å²) < 4.78 is 4.95. The number of rotatable bonds is 5. The van der Waals surface area contributed by atoms with Gasteiger partial charge in [0.1, 0.15) is 0 Å². The number of aromatic nitrogens is 3. The van der Waals surface area contributed by atoms with Gasteiger partial charge >= 0.3 is 6.01 Å². The van der Waals surface area contributed by atoms with Crippen molar-refractivity contribution in [2.24, 2.45) is 5.41 Å². The maximum atomic E-state index is 5.78. The summed E-state index contributed by atoms with van der Waals surface area (Å²) in [5, 5.41) is 3.38. The van der Waals surface area contributed by atoms with Crippen molar-refractivity contribution < 1.29 is 4.74 Å². The fourth-order valence-corrected chi connectivity index (χ4v) is 2.25. The van der Waals surface area contributed by atoms with E-state index in [2.05, 4.69) is 27.2 Å². The summed E-state index contributed by atoms with van der Waals surface area (Å²) in [6.07, 6.45) is 5.03. The van der Waals surface area contributed by atoms with Crippen LogP contribution in [-0.2, 0) is 0 Å². The number of methoxy groups -OCH3 is 1. The van der Waals surface area contributed by atoms with Gasteiger partial charge in [-0.05, 0) is 36.3 Å². The van der Waals surface area contributed by atoms with E-state index < -0.39 is 0 Å². The summed E-state index contributed by atoms with van der Waals surface area (Å²) in [6.45, 7) is 3.11. The van der Waals surface area contributed by atoms with E-state index in [4.69, 9.17) is 16.3 Å². The van der Waals surface area contributed by atoms with Gasteiger partial charge in [0.15, 0.2) is 0 Å². The maximum Gasteiger partial charge on any atom is 0.322 e. The Kier molecular flexibility index (Phi) is 3.66. The largest absolute Gasteiger partial charge is 0.467 e. The molecule has 0 atom stereocenters. The van der Waals surface area contributed by atoms with E-state index in [1.807, 2.05) is 0 Å². The molecular weight excluding hydrogens is 240 g/mol. The van der Waals surface area contributed by atoms with Crippen molar-refractivity contribution in [3.05, 3.63) is 5.28 Å². The molecule has 0 aliphatic heterocycles. The lowest BCUT2D eigenvalue weighted by Crippen LogP contribution is -2.36. The van der Waals surface area contributed by atoms with Gasteiger partial charge in [0.2, 0.25) is 11.2 Å². The highest BCUT2D eigenvalue weighted by atomic mass is 35.5. The number of hydrogen-bond donors (Lipinski definition) is 1. The lowest BCUT2D eigenvalue weighted by Gasteiger charge is -2.41. The Morgan fingerprint density at radius 1 is 1.35 bits per heavy atom. The van der Waals surface area contributed by atoms with Crippen LogP contribution in [0.1, 0.15) is 32.6 Å². The van der Waals surface area contributed by atoms with Crippen LogP contribution in [0.4, 0.5) is 5.95 Å². The Labute approximate surface area is 106 Å². The van der Waals surface area contributed by atoms with Crippen molar-refractivity contribution in [3.8, 4) is 6.01 Å². The average molecular weight is 257 g/mol. The Hall–Kier alpha value is -1.10. The first kappa shape index (κ1) is 12.4. The topological polar surface area (TPSA) is 59.9 Å². The predicted molar refractivity (Wildman–Crippen MR) is 66.5 cm³/mol. The SMILES string of the molecule is CCC1(CNc2nc(Cl)nc(OC)n2)CCC1. The molecule has 17 heavy (non-hydrogen) atoms. The van der Waals surface area contributed by atoms with Gasteiger partial charge in [0, 0.05) is 6.54 Å². The second-order valence-electron chi connectivity index (χ2n) is 4.48. The second-order valence-corrected chi connectivity index (χ2v) is 4.81. The molecule has 1 aromatic rings. The van der Waals surface area contributed by atoms with Gasteiger partial charge in [-0.2, -0.15) is 15.0 Å². The number of ether oxygens (including phenoxy) is 1. The van der Waals surface area contributed by atoms with Crippen LogP contribution < -0.4 is 10.1 Å². The Balaban J connectivity index is 2.01. The molecular formula is C11H17ClN4O. The van der Waals surface area contributed by atoms with Crippen molar-refractivity contribution >= 4 is 17.5 Å². The molecule has 1 saturated carbocycles. The summed E-state index contributed by atoms with van der Waals surface area (Å²) in [7, 11) is 1.51. The van der Waals surface area contributed by atoms with Crippen molar-refractivity contribution in [3.63, 3.8) is 0 Å². The highest BCUT2D eigenvalue weighted by Gasteiger charge is 2.34. The lowest BCUT2D eigenvalue weighted by molar-refractivity contribution is 0.144. The van der Waals surface area contributed by atoms with Crippen LogP contribution in [0.5, 0.6) is 6.01 Å². The number of nitrogens with zero attached hydrogens (tertiary/aromatic N) is 3. The Morgan fingerprint density at radius 2 is 2.12 bits per heavy atom. The van der Waals surface area contributed by atoms with Crippen molar-refractivity contribution in [1.29, 1.82) is 0 Å². The molecule has 0 amide bonds. The number of nitrogens with one attached hydrogen (secondary N) is 1. The molecule has 6 heteroatoms. The molecule has 1 heterocycles. The minimum atomic E-state index is 0.151. The van der Waals surface area contributed by atoms with Gasteiger partial charge in [-0.3, -0.25) is 0 Å². The van der Waals surface area contributed by atoms with Gasteiger partial charge in [-0.15, -0.1) is 0 Å². The van der Waals surface area contributed by atoms with Gasteiger partial charge in [-0.1, -0.05) is 13.3 Å². The van der Waals surface area contributed by atoms with Crippen LogP contribution in [0.25, 0.3) is 0 Å². The first-order chi connectivity index (χ1) is 8.17. The molecule has 0 bridgehead atoms. The van der Waals surface area contributed by atoms with Crippen molar-refractivity contribution in [2.45, 2.75) is 32.6 Å². The van der Waals surface area contributed by atoms with Crippen LogP contribution in [-0.4, -0.2) is 28.6 Å². The molecule has 1 fully saturated rings. The third-order valence-electron chi connectivity index (χ3n) is 3.56. The van der Waals surface area contributed by atoms with Crippen LogP contribution in [0.2, 0.25) is 5.28 Å². The Morgan fingerprint density at radius 3 is 2.65 bits per heavy atom. The van der Waals surface area contributed by atoms with Gasteiger partial charge in [0.05, 0.1) is 7.11 Å². The number of anilines is 1. The van der Waals surface area contributed by atoms with Crippen molar-refractivity contribution in [1.82, 2.24) is 15.0 Å². The Bertz CT molecular complexity index is 390. The van der Waals surface area contributed by atoms with E-state index >= 15 is 0 Å². The molecule has 0 radical (unpaired) electrons. The third kappa shape index (κ3) is 2.77. The van der Waals surface area contributed by atoms with E-state index in [0.717, 1.165) is 6.54 Å². The molecule has 0 saturated heterocycles. The smallest absolute Gasteiger partial charge is 0.322 e. The zero-order valence-corrected chi connectivity index (χ0v) is 10.9. The first-order valence-corrected chi connectivity index (χ1v) is 6.25. The van der Waals surface area contributed by atoms with Crippen LogP contribution in [0.3, 0.4) is 0 Å². The van der Waals surface area contributed by atoms with E-state index in [1.54, 1.807) is 0 Å². The molecule has 0 spiro atoms. The molecule has 5 nitrogen and oxygen atoms in total. The second kappa shape index (κ2) is 5.04. The van der Waals surface area contributed by atoms with Gasteiger partial charge in [-0.25, -0.2) is 0 Å². The minimum Gasteiger partial charge on any atom is -0.467 e. The summed E-state index contributed by atoms with van der Waals surface area (Å²) in [5.41, 5.74) is 0.409. The average Bonchev–Trinajstić information content (AvgIpc) is 2.27. The van der Waals surface area contributed by atoms with E-state index in [-0.39, 0.29) is 11.3 Å². The first-order valence-electron chi connectivity index (χ1n) is 5.87. The molecule has 1 aliphatic rings. The highest BCUT2D eigenvalue weighted by molar-refractivity contribution is 6.28. The number of hydrogen-bond acceptors (Lipinski definition) is 5. The summed E-state index contributed by atoms with van der Waals surface area (Å²) in [5.74, 6) is 0.488. The summed E-state index contributed by atoms with van der Waals surface area (Å²) in [6, 6.07) is 0.242. The van der Waals surface area contributed by atoms with E-state index in [1.165, 1.54) is 32.8 Å². The minimum absolute atomic E-state index is 0.151. The van der Waals surface area contributed by atoms with Crippen LogP contribution >= 0.6 is 11.6 Å². The van der Waals surface area contributed by atoms with Crippen molar-refractivity contribution in [2.75, 3.05) is 19.0 Å². The molecule has 94 valence electrons. The summed E-state index contributed by atoms with van der Waals surface area (Å²) >= 11 is 5.78. The molecule has 1 aromatic heterocycles. The quantitative estimate of drug-likeness (QED) is 0.877. The van der Waals surface area contributed by atoms with Crippen LogP contribution in [0.15, 0.2) is 0 Å². The third-order valence-corrected chi connectivity index (χ3v) is 3.72. The van der Waals surface area contributed by atoms with E-state index in [9.17, 15) is 0 Å². The van der Waals surface area contributed by atoms with Gasteiger partial charge in [0.25, 0.3) is 0 Å².